The van der Waals surface area contributed by atoms with Crippen molar-refractivity contribution in [3.63, 3.8) is 0 Å². The Morgan fingerprint density at radius 3 is 2.81 bits per heavy atom. The summed E-state index contributed by atoms with van der Waals surface area (Å²) in [5.74, 6) is 0. The van der Waals surface area contributed by atoms with Crippen LogP contribution in [-0.4, -0.2) is 24.7 Å². The SMILES string of the molecule is Cc1cnn(CCNS(=O)(=O)c2ccc(C#N)cc2Cl)c1. The zero-order chi connectivity index (χ0) is 15.5. The summed E-state index contributed by atoms with van der Waals surface area (Å²) in [6.07, 6.45) is 3.52. The van der Waals surface area contributed by atoms with E-state index in [0.29, 0.717) is 12.1 Å². The minimum absolute atomic E-state index is 0.0245. The van der Waals surface area contributed by atoms with Crippen molar-refractivity contribution in [1.29, 1.82) is 5.26 Å². The molecule has 0 radical (unpaired) electrons. The molecule has 0 spiro atoms. The van der Waals surface area contributed by atoms with Crippen LogP contribution in [0.5, 0.6) is 0 Å². The Kier molecular flexibility index (Phi) is 4.63. The van der Waals surface area contributed by atoms with Crippen molar-refractivity contribution in [2.45, 2.75) is 18.4 Å². The van der Waals surface area contributed by atoms with Crippen molar-refractivity contribution in [1.82, 2.24) is 14.5 Å². The van der Waals surface area contributed by atoms with Crippen LogP contribution >= 0.6 is 11.6 Å². The number of hydrogen-bond donors (Lipinski definition) is 1. The summed E-state index contributed by atoms with van der Waals surface area (Å²) in [5, 5.41) is 12.8. The second kappa shape index (κ2) is 6.26. The molecule has 1 aromatic carbocycles. The van der Waals surface area contributed by atoms with Gasteiger partial charge in [-0.15, -0.1) is 0 Å². The molecule has 21 heavy (non-hydrogen) atoms. The van der Waals surface area contributed by atoms with Crippen molar-refractivity contribution in [2.24, 2.45) is 0 Å². The lowest BCUT2D eigenvalue weighted by atomic mass is 10.2. The van der Waals surface area contributed by atoms with Gasteiger partial charge < -0.3 is 0 Å². The van der Waals surface area contributed by atoms with Crippen LogP contribution in [0, 0.1) is 18.3 Å². The first-order chi connectivity index (χ1) is 9.92. The number of nitrogens with zero attached hydrogens (tertiary/aromatic N) is 3. The Hall–Kier alpha value is -1.88. The molecule has 2 rings (SSSR count). The van der Waals surface area contributed by atoms with Crippen molar-refractivity contribution in [3.8, 4) is 6.07 Å². The Labute approximate surface area is 128 Å². The smallest absolute Gasteiger partial charge is 0.242 e. The topological polar surface area (TPSA) is 87.8 Å². The Bertz CT molecular complexity index is 793. The highest BCUT2D eigenvalue weighted by atomic mass is 35.5. The predicted octanol–water partition coefficient (Wildman–Crippen LogP) is 1.70. The maximum atomic E-state index is 12.1. The molecule has 0 aliphatic rings. The van der Waals surface area contributed by atoms with Gasteiger partial charge in [0.1, 0.15) is 4.90 Å². The lowest BCUT2D eigenvalue weighted by Gasteiger charge is -2.08. The lowest BCUT2D eigenvalue weighted by molar-refractivity contribution is 0.561. The van der Waals surface area contributed by atoms with E-state index in [0.717, 1.165) is 5.56 Å². The molecule has 0 fully saturated rings. The van der Waals surface area contributed by atoms with Crippen molar-refractivity contribution in [3.05, 3.63) is 46.7 Å². The molecule has 1 aromatic heterocycles. The number of aryl methyl sites for hydroxylation is 1. The van der Waals surface area contributed by atoms with Gasteiger partial charge in [0, 0.05) is 12.7 Å². The van der Waals surface area contributed by atoms with Crippen LogP contribution in [0.4, 0.5) is 0 Å². The van der Waals surface area contributed by atoms with Gasteiger partial charge in [0.2, 0.25) is 10.0 Å². The first-order valence-electron chi connectivity index (χ1n) is 6.11. The molecule has 0 amide bonds. The van der Waals surface area contributed by atoms with E-state index in [4.69, 9.17) is 16.9 Å². The maximum absolute atomic E-state index is 12.1. The van der Waals surface area contributed by atoms with E-state index in [1.165, 1.54) is 18.2 Å². The number of sulfonamides is 1. The maximum Gasteiger partial charge on any atom is 0.242 e. The third kappa shape index (κ3) is 3.82. The molecular weight excluding hydrogens is 312 g/mol. The number of benzene rings is 1. The molecule has 0 unspecified atom stereocenters. The normalized spacial score (nSPS) is 11.3. The van der Waals surface area contributed by atoms with E-state index < -0.39 is 10.0 Å². The summed E-state index contributed by atoms with van der Waals surface area (Å²) in [5.41, 5.74) is 1.32. The number of rotatable bonds is 5. The fourth-order valence-electron chi connectivity index (χ4n) is 1.75. The number of nitriles is 1. The van der Waals surface area contributed by atoms with Gasteiger partial charge >= 0.3 is 0 Å². The van der Waals surface area contributed by atoms with E-state index in [1.54, 1.807) is 10.9 Å². The van der Waals surface area contributed by atoms with Crippen molar-refractivity contribution >= 4 is 21.6 Å². The number of hydrogen-bond acceptors (Lipinski definition) is 4. The first kappa shape index (κ1) is 15.5. The van der Waals surface area contributed by atoms with Gasteiger partial charge in [-0.05, 0) is 30.7 Å². The van der Waals surface area contributed by atoms with E-state index in [9.17, 15) is 8.42 Å². The van der Waals surface area contributed by atoms with Gasteiger partial charge in [-0.2, -0.15) is 10.4 Å². The second-order valence-corrected chi connectivity index (χ2v) is 6.58. The molecule has 0 saturated carbocycles. The molecule has 110 valence electrons. The molecule has 0 bridgehead atoms. The summed E-state index contributed by atoms with van der Waals surface area (Å²) in [6, 6.07) is 5.96. The summed E-state index contributed by atoms with van der Waals surface area (Å²) >= 11 is 5.90. The summed E-state index contributed by atoms with van der Waals surface area (Å²) in [6.45, 7) is 2.52. The van der Waals surface area contributed by atoms with Gasteiger partial charge in [-0.1, -0.05) is 11.6 Å². The fraction of sp³-hybridized carbons (Fsp3) is 0.231. The standard InChI is InChI=1S/C13H13ClN4O2S/c1-10-8-16-18(9-10)5-4-17-21(19,20)13-3-2-11(7-15)6-12(13)14/h2-3,6,8-9,17H,4-5H2,1H3. The summed E-state index contributed by atoms with van der Waals surface area (Å²) < 4.78 is 28.4. The molecule has 0 saturated heterocycles. The second-order valence-electron chi connectivity index (χ2n) is 4.44. The average Bonchev–Trinajstić information content (AvgIpc) is 2.83. The number of aromatic nitrogens is 2. The highest BCUT2D eigenvalue weighted by Gasteiger charge is 2.17. The fourth-order valence-corrected chi connectivity index (χ4v) is 3.31. The predicted molar refractivity (Wildman–Crippen MR) is 78.3 cm³/mol. The molecule has 0 aliphatic carbocycles. The van der Waals surface area contributed by atoms with Gasteiger partial charge in [0.05, 0.1) is 29.4 Å². The summed E-state index contributed by atoms with van der Waals surface area (Å²) in [7, 11) is -3.71. The zero-order valence-electron chi connectivity index (χ0n) is 11.2. The van der Waals surface area contributed by atoms with Crippen LogP contribution in [0.1, 0.15) is 11.1 Å². The molecule has 1 heterocycles. The van der Waals surface area contributed by atoms with Gasteiger partial charge in [-0.25, -0.2) is 13.1 Å². The van der Waals surface area contributed by atoms with Crippen LogP contribution in [0.15, 0.2) is 35.5 Å². The number of halogens is 1. The summed E-state index contributed by atoms with van der Waals surface area (Å²) in [4.78, 5) is -0.0418. The van der Waals surface area contributed by atoms with Crippen LogP contribution < -0.4 is 4.72 Å². The minimum Gasteiger partial charge on any atom is -0.271 e. The molecule has 2 aromatic rings. The van der Waals surface area contributed by atoms with Crippen LogP contribution in [0.2, 0.25) is 5.02 Å². The monoisotopic (exact) mass is 324 g/mol. The average molecular weight is 325 g/mol. The van der Waals surface area contributed by atoms with Gasteiger partial charge in [0.25, 0.3) is 0 Å². The molecule has 8 heteroatoms. The highest BCUT2D eigenvalue weighted by Crippen LogP contribution is 2.22. The van der Waals surface area contributed by atoms with E-state index >= 15 is 0 Å². The van der Waals surface area contributed by atoms with Crippen molar-refractivity contribution < 1.29 is 8.42 Å². The zero-order valence-corrected chi connectivity index (χ0v) is 12.8. The quantitative estimate of drug-likeness (QED) is 0.906. The number of nitrogens with one attached hydrogen (secondary N) is 1. The minimum atomic E-state index is -3.71. The third-order valence-electron chi connectivity index (χ3n) is 2.75. The third-order valence-corrected chi connectivity index (χ3v) is 4.69. The Morgan fingerprint density at radius 1 is 1.48 bits per heavy atom. The van der Waals surface area contributed by atoms with Gasteiger partial charge in [-0.3, -0.25) is 4.68 Å². The van der Waals surface area contributed by atoms with Crippen LogP contribution in [-0.2, 0) is 16.6 Å². The Balaban J connectivity index is 2.06. The molecule has 0 atom stereocenters. The van der Waals surface area contributed by atoms with Crippen LogP contribution in [0.3, 0.4) is 0 Å². The van der Waals surface area contributed by atoms with Crippen LogP contribution in [0.25, 0.3) is 0 Å². The molecule has 6 nitrogen and oxygen atoms in total. The van der Waals surface area contributed by atoms with E-state index in [1.807, 2.05) is 19.2 Å². The molecule has 0 aliphatic heterocycles. The Morgan fingerprint density at radius 2 is 2.24 bits per heavy atom. The van der Waals surface area contributed by atoms with E-state index in [2.05, 4.69) is 9.82 Å². The highest BCUT2D eigenvalue weighted by molar-refractivity contribution is 7.89. The van der Waals surface area contributed by atoms with Crippen molar-refractivity contribution in [2.75, 3.05) is 6.54 Å². The first-order valence-corrected chi connectivity index (χ1v) is 7.97. The molecular formula is C13H13ClN4O2S. The van der Waals surface area contributed by atoms with Gasteiger partial charge in [0.15, 0.2) is 0 Å². The molecule has 1 N–H and O–H groups in total. The largest absolute Gasteiger partial charge is 0.271 e. The lowest BCUT2D eigenvalue weighted by Crippen LogP contribution is -2.27. The van der Waals surface area contributed by atoms with E-state index in [-0.39, 0.29) is 16.5 Å².